The van der Waals surface area contributed by atoms with E-state index in [-0.39, 0.29) is 30.5 Å². The molecular weight excluding hydrogens is 290 g/mol. The molecule has 1 N–H and O–H groups in total. The molecule has 0 saturated carbocycles. The van der Waals surface area contributed by atoms with E-state index in [1.54, 1.807) is 4.90 Å². The molecule has 0 atom stereocenters. The maximum Gasteiger partial charge on any atom is 0.269 e. The second-order valence-corrected chi connectivity index (χ2v) is 4.80. The summed E-state index contributed by atoms with van der Waals surface area (Å²) >= 11 is 0. The van der Waals surface area contributed by atoms with E-state index in [4.69, 9.17) is 4.74 Å². The molecule has 0 aromatic heterocycles. The summed E-state index contributed by atoms with van der Waals surface area (Å²) in [6.07, 6.45) is 0.221. The number of nitrogens with one attached hydrogen (secondary N) is 1. The molecule has 0 aliphatic carbocycles. The van der Waals surface area contributed by atoms with Crippen molar-refractivity contribution in [2.24, 2.45) is 0 Å². The quantitative estimate of drug-likeness (QED) is 0.633. The molecule has 0 spiro atoms. The lowest BCUT2D eigenvalue weighted by atomic mass is 10.2. The molecule has 0 bridgehead atoms. The fourth-order valence-electron chi connectivity index (χ4n) is 2.09. The summed E-state index contributed by atoms with van der Waals surface area (Å²) in [5.41, 5.74) is 0.253. The van der Waals surface area contributed by atoms with Crippen molar-refractivity contribution in [1.82, 2.24) is 10.2 Å². The van der Waals surface area contributed by atoms with Crippen molar-refractivity contribution >= 4 is 17.5 Å². The van der Waals surface area contributed by atoms with Gasteiger partial charge >= 0.3 is 0 Å². The molecule has 2 amide bonds. The third-order valence-corrected chi connectivity index (χ3v) is 3.33. The van der Waals surface area contributed by atoms with Crippen LogP contribution in [-0.2, 0) is 9.53 Å². The first-order chi connectivity index (χ1) is 10.6. The minimum absolute atomic E-state index is 0.0210. The Kier molecular flexibility index (Phi) is 5.42. The Morgan fingerprint density at radius 3 is 2.45 bits per heavy atom. The SMILES string of the molecule is O=C(NCCC(=O)N1CCOCC1)c1ccc([N+](=O)[O-])cc1. The second kappa shape index (κ2) is 7.51. The molecule has 2 rings (SSSR count). The molecule has 8 nitrogen and oxygen atoms in total. The highest BCUT2D eigenvalue weighted by molar-refractivity contribution is 5.94. The van der Waals surface area contributed by atoms with Crippen molar-refractivity contribution in [1.29, 1.82) is 0 Å². The maximum atomic E-state index is 11.9. The van der Waals surface area contributed by atoms with E-state index in [0.717, 1.165) is 0 Å². The molecule has 1 aromatic carbocycles. The number of hydrogen-bond acceptors (Lipinski definition) is 5. The Morgan fingerprint density at radius 1 is 1.23 bits per heavy atom. The molecule has 8 heteroatoms. The van der Waals surface area contributed by atoms with Crippen LogP contribution in [0.5, 0.6) is 0 Å². The van der Waals surface area contributed by atoms with Crippen molar-refractivity contribution in [3.8, 4) is 0 Å². The number of non-ortho nitro benzene ring substituents is 1. The van der Waals surface area contributed by atoms with Gasteiger partial charge in [0.2, 0.25) is 5.91 Å². The van der Waals surface area contributed by atoms with E-state index in [0.29, 0.717) is 31.9 Å². The van der Waals surface area contributed by atoms with Crippen LogP contribution in [-0.4, -0.2) is 54.5 Å². The molecule has 1 heterocycles. The van der Waals surface area contributed by atoms with Crippen LogP contribution in [0.1, 0.15) is 16.8 Å². The first-order valence-electron chi connectivity index (χ1n) is 6.96. The van der Waals surface area contributed by atoms with Crippen LogP contribution >= 0.6 is 0 Å². The Morgan fingerprint density at radius 2 is 1.86 bits per heavy atom. The smallest absolute Gasteiger partial charge is 0.269 e. The van der Waals surface area contributed by atoms with Gasteiger partial charge in [-0.15, -0.1) is 0 Å². The van der Waals surface area contributed by atoms with Gasteiger partial charge < -0.3 is 15.0 Å². The zero-order chi connectivity index (χ0) is 15.9. The fraction of sp³-hybridized carbons (Fsp3) is 0.429. The number of rotatable bonds is 5. The predicted octanol–water partition coefficient (Wildman–Crippen LogP) is 0.574. The number of carbonyl (C=O) groups excluding carboxylic acids is 2. The number of hydrogen-bond donors (Lipinski definition) is 1. The third kappa shape index (κ3) is 4.26. The molecule has 0 unspecified atom stereocenters. The average Bonchev–Trinajstić information content (AvgIpc) is 2.55. The highest BCUT2D eigenvalue weighted by atomic mass is 16.6. The van der Waals surface area contributed by atoms with E-state index < -0.39 is 4.92 Å². The first kappa shape index (κ1) is 15.9. The van der Waals surface area contributed by atoms with Crippen molar-refractivity contribution in [2.75, 3.05) is 32.8 Å². The van der Waals surface area contributed by atoms with E-state index in [1.807, 2.05) is 0 Å². The Labute approximate surface area is 127 Å². The first-order valence-corrected chi connectivity index (χ1v) is 6.96. The molecule has 1 aromatic rings. The third-order valence-electron chi connectivity index (χ3n) is 3.33. The van der Waals surface area contributed by atoms with Crippen LogP contribution in [0.3, 0.4) is 0 Å². The van der Waals surface area contributed by atoms with Gasteiger partial charge in [0.1, 0.15) is 0 Å². The lowest BCUT2D eigenvalue weighted by Crippen LogP contribution is -2.42. The van der Waals surface area contributed by atoms with Gasteiger partial charge in [0.05, 0.1) is 18.1 Å². The number of benzene rings is 1. The standard InChI is InChI=1S/C14H17N3O5/c18-13(16-7-9-22-10-8-16)5-6-15-14(19)11-1-3-12(4-2-11)17(20)21/h1-4H,5-10H2,(H,15,19). The van der Waals surface area contributed by atoms with E-state index in [2.05, 4.69) is 5.32 Å². The number of carbonyl (C=O) groups is 2. The van der Waals surface area contributed by atoms with Gasteiger partial charge in [-0.1, -0.05) is 0 Å². The van der Waals surface area contributed by atoms with Gasteiger partial charge in [0.15, 0.2) is 0 Å². The molecule has 22 heavy (non-hydrogen) atoms. The summed E-state index contributed by atoms with van der Waals surface area (Å²) in [6, 6.07) is 5.32. The van der Waals surface area contributed by atoms with E-state index >= 15 is 0 Å². The van der Waals surface area contributed by atoms with Crippen molar-refractivity contribution < 1.29 is 19.2 Å². The summed E-state index contributed by atoms with van der Waals surface area (Å²) < 4.78 is 5.17. The van der Waals surface area contributed by atoms with Crippen LogP contribution in [0.2, 0.25) is 0 Å². The number of amides is 2. The Bertz CT molecular complexity index is 552. The molecule has 0 radical (unpaired) electrons. The molecule has 118 valence electrons. The number of nitro groups is 1. The number of ether oxygens (including phenoxy) is 1. The summed E-state index contributed by atoms with van der Waals surface area (Å²) in [5.74, 6) is -0.378. The highest BCUT2D eigenvalue weighted by Gasteiger charge is 2.16. The molecular formula is C14H17N3O5. The monoisotopic (exact) mass is 307 g/mol. The zero-order valence-corrected chi connectivity index (χ0v) is 12.0. The summed E-state index contributed by atoms with van der Waals surface area (Å²) in [6.45, 7) is 2.47. The van der Waals surface area contributed by atoms with Gasteiger partial charge in [-0.25, -0.2) is 0 Å². The summed E-state index contributed by atoms with van der Waals surface area (Å²) in [5, 5.41) is 13.2. The van der Waals surface area contributed by atoms with Gasteiger partial charge in [-0.3, -0.25) is 19.7 Å². The van der Waals surface area contributed by atoms with E-state index in [1.165, 1.54) is 24.3 Å². The average molecular weight is 307 g/mol. The van der Waals surface area contributed by atoms with Crippen molar-refractivity contribution in [3.05, 3.63) is 39.9 Å². The summed E-state index contributed by atoms with van der Waals surface area (Å²) in [7, 11) is 0. The summed E-state index contributed by atoms with van der Waals surface area (Å²) in [4.78, 5) is 35.5. The largest absolute Gasteiger partial charge is 0.378 e. The van der Waals surface area contributed by atoms with Crippen LogP contribution < -0.4 is 5.32 Å². The number of morpholine rings is 1. The topological polar surface area (TPSA) is 102 Å². The van der Waals surface area contributed by atoms with Crippen molar-refractivity contribution in [2.45, 2.75) is 6.42 Å². The van der Waals surface area contributed by atoms with Gasteiger partial charge in [-0.2, -0.15) is 0 Å². The molecule has 1 saturated heterocycles. The van der Waals surface area contributed by atoms with E-state index in [9.17, 15) is 19.7 Å². The lowest BCUT2D eigenvalue weighted by Gasteiger charge is -2.26. The molecule has 1 fully saturated rings. The zero-order valence-electron chi connectivity index (χ0n) is 12.0. The normalized spacial score (nSPS) is 14.5. The number of nitrogens with zero attached hydrogens (tertiary/aromatic N) is 2. The number of nitro benzene ring substituents is 1. The maximum absolute atomic E-state index is 11.9. The predicted molar refractivity (Wildman–Crippen MR) is 77.4 cm³/mol. The molecule has 1 aliphatic rings. The van der Waals surface area contributed by atoms with Crippen LogP contribution in [0, 0.1) is 10.1 Å². The fourth-order valence-corrected chi connectivity index (χ4v) is 2.09. The minimum Gasteiger partial charge on any atom is -0.378 e. The van der Waals surface area contributed by atoms with Crippen LogP contribution in [0.4, 0.5) is 5.69 Å². The Balaban J connectivity index is 1.77. The highest BCUT2D eigenvalue weighted by Crippen LogP contribution is 2.11. The minimum atomic E-state index is -0.525. The Hall–Kier alpha value is -2.48. The van der Waals surface area contributed by atoms with Gasteiger partial charge in [0, 0.05) is 43.8 Å². The van der Waals surface area contributed by atoms with Gasteiger partial charge in [0.25, 0.3) is 11.6 Å². The van der Waals surface area contributed by atoms with Crippen LogP contribution in [0.15, 0.2) is 24.3 Å². The second-order valence-electron chi connectivity index (χ2n) is 4.80. The molecule has 1 aliphatic heterocycles. The van der Waals surface area contributed by atoms with Crippen molar-refractivity contribution in [3.63, 3.8) is 0 Å². The lowest BCUT2D eigenvalue weighted by molar-refractivity contribution is -0.384. The van der Waals surface area contributed by atoms with Crippen LogP contribution in [0.25, 0.3) is 0 Å². The van der Waals surface area contributed by atoms with Gasteiger partial charge in [-0.05, 0) is 12.1 Å².